The maximum absolute atomic E-state index is 13.0. The molecule has 0 saturated carbocycles. The summed E-state index contributed by atoms with van der Waals surface area (Å²) in [5.41, 5.74) is 0.591. The van der Waals surface area contributed by atoms with Crippen LogP contribution in [-0.2, 0) is 14.3 Å². The molecule has 2 aliphatic rings. The molecular weight excluding hydrogens is 300 g/mol. The Morgan fingerprint density at radius 3 is 3.05 bits per heavy atom. The van der Waals surface area contributed by atoms with Crippen molar-refractivity contribution in [1.82, 2.24) is 4.90 Å². The second-order valence-electron chi connectivity index (χ2n) is 6.26. The summed E-state index contributed by atoms with van der Waals surface area (Å²) < 4.78 is 4.98. The molecule has 1 aromatic rings. The maximum atomic E-state index is 13.0. The molecule has 6 heteroatoms. The van der Waals surface area contributed by atoms with E-state index >= 15 is 0 Å². The van der Waals surface area contributed by atoms with Gasteiger partial charge in [0.1, 0.15) is 0 Å². The third-order valence-corrected chi connectivity index (χ3v) is 5.72. The van der Waals surface area contributed by atoms with Gasteiger partial charge in [0.15, 0.2) is 0 Å². The molecule has 0 radical (unpaired) electrons. The first-order valence-electron chi connectivity index (χ1n) is 7.69. The van der Waals surface area contributed by atoms with Gasteiger partial charge in [-0.1, -0.05) is 6.92 Å². The van der Waals surface area contributed by atoms with E-state index in [-0.39, 0.29) is 17.7 Å². The predicted octanol–water partition coefficient (Wildman–Crippen LogP) is 1.99. The fourth-order valence-corrected chi connectivity index (χ4v) is 4.30. The Kier molecular flexibility index (Phi) is 4.23. The third kappa shape index (κ3) is 2.44. The van der Waals surface area contributed by atoms with Crippen molar-refractivity contribution in [3.63, 3.8) is 0 Å². The van der Waals surface area contributed by atoms with Crippen molar-refractivity contribution in [2.45, 2.75) is 19.8 Å². The standard InChI is InChI=1S/C16H22N2O3S/c1-12-9-17(14(19)3-7-21-2)11-16(12)5-6-18(15(16)20)13-4-8-22-10-13/h4,8,10,12H,3,5-7,9,11H2,1-2H3/t12-,16-/m1/s1. The van der Waals surface area contributed by atoms with Crippen LogP contribution in [0.15, 0.2) is 16.8 Å². The topological polar surface area (TPSA) is 49.9 Å². The summed E-state index contributed by atoms with van der Waals surface area (Å²) in [5.74, 6) is 0.475. The lowest BCUT2D eigenvalue weighted by atomic mass is 9.78. The molecular formula is C16H22N2O3S. The minimum absolute atomic E-state index is 0.0901. The lowest BCUT2D eigenvalue weighted by molar-refractivity contribution is -0.132. The van der Waals surface area contributed by atoms with Crippen LogP contribution < -0.4 is 4.90 Å². The Bertz CT molecular complexity index is 560. The van der Waals surface area contributed by atoms with Gasteiger partial charge < -0.3 is 14.5 Å². The number of methoxy groups -OCH3 is 1. The molecule has 1 spiro atoms. The number of anilines is 1. The van der Waals surface area contributed by atoms with E-state index in [2.05, 4.69) is 6.92 Å². The number of carbonyl (C=O) groups is 2. The molecule has 1 aromatic heterocycles. The van der Waals surface area contributed by atoms with Gasteiger partial charge in [0.25, 0.3) is 0 Å². The van der Waals surface area contributed by atoms with Gasteiger partial charge in [-0.05, 0) is 23.8 Å². The zero-order chi connectivity index (χ0) is 15.7. The molecule has 0 N–H and O–H groups in total. The first-order valence-corrected chi connectivity index (χ1v) is 8.63. The molecule has 0 bridgehead atoms. The number of rotatable bonds is 4. The summed E-state index contributed by atoms with van der Waals surface area (Å²) in [5, 5.41) is 4.00. The highest BCUT2D eigenvalue weighted by Gasteiger charge is 2.56. The average Bonchev–Trinajstić information content (AvgIpc) is 3.20. The van der Waals surface area contributed by atoms with Crippen LogP contribution in [0.5, 0.6) is 0 Å². The van der Waals surface area contributed by atoms with Crippen LogP contribution in [0.25, 0.3) is 0 Å². The minimum atomic E-state index is -0.398. The van der Waals surface area contributed by atoms with Gasteiger partial charge in [-0.15, -0.1) is 0 Å². The van der Waals surface area contributed by atoms with Gasteiger partial charge in [-0.3, -0.25) is 9.59 Å². The van der Waals surface area contributed by atoms with E-state index in [0.29, 0.717) is 26.1 Å². The normalized spacial score (nSPS) is 28.1. The van der Waals surface area contributed by atoms with Gasteiger partial charge in [0, 0.05) is 32.1 Å². The molecule has 2 atom stereocenters. The second kappa shape index (κ2) is 6.01. The van der Waals surface area contributed by atoms with Gasteiger partial charge >= 0.3 is 0 Å². The van der Waals surface area contributed by atoms with Gasteiger partial charge in [-0.2, -0.15) is 11.3 Å². The van der Waals surface area contributed by atoms with Gasteiger partial charge in [0.05, 0.1) is 24.1 Å². The number of hydrogen-bond acceptors (Lipinski definition) is 4. The van der Waals surface area contributed by atoms with Crippen molar-refractivity contribution in [3.8, 4) is 0 Å². The molecule has 3 rings (SSSR count). The number of ether oxygens (including phenoxy) is 1. The van der Waals surface area contributed by atoms with Crippen molar-refractivity contribution in [3.05, 3.63) is 16.8 Å². The summed E-state index contributed by atoms with van der Waals surface area (Å²) in [6.07, 6.45) is 1.22. The first kappa shape index (κ1) is 15.5. The highest BCUT2D eigenvalue weighted by Crippen LogP contribution is 2.46. The third-order valence-electron chi connectivity index (χ3n) is 5.05. The molecule has 0 unspecified atom stereocenters. The quantitative estimate of drug-likeness (QED) is 0.852. The fourth-order valence-electron chi connectivity index (χ4n) is 3.65. The minimum Gasteiger partial charge on any atom is -0.384 e. The zero-order valence-corrected chi connectivity index (χ0v) is 13.9. The molecule has 120 valence electrons. The maximum Gasteiger partial charge on any atom is 0.235 e. The number of nitrogens with zero attached hydrogens (tertiary/aromatic N) is 2. The highest BCUT2D eigenvalue weighted by molar-refractivity contribution is 7.08. The lowest BCUT2D eigenvalue weighted by Crippen LogP contribution is -2.40. The first-order chi connectivity index (χ1) is 10.6. The van der Waals surface area contributed by atoms with Crippen LogP contribution in [0.2, 0.25) is 0 Å². The van der Waals surface area contributed by atoms with Crippen molar-refractivity contribution in [2.75, 3.05) is 38.3 Å². The largest absolute Gasteiger partial charge is 0.384 e. The Balaban J connectivity index is 1.74. The van der Waals surface area contributed by atoms with Crippen molar-refractivity contribution in [1.29, 1.82) is 0 Å². The molecule has 2 fully saturated rings. The second-order valence-corrected chi connectivity index (χ2v) is 7.04. The smallest absolute Gasteiger partial charge is 0.235 e. The number of carbonyl (C=O) groups excluding carboxylic acids is 2. The van der Waals surface area contributed by atoms with E-state index in [9.17, 15) is 9.59 Å². The van der Waals surface area contributed by atoms with Crippen LogP contribution in [0.4, 0.5) is 5.69 Å². The van der Waals surface area contributed by atoms with E-state index in [1.165, 1.54) is 0 Å². The number of thiophene rings is 1. The fraction of sp³-hybridized carbons (Fsp3) is 0.625. The van der Waals surface area contributed by atoms with Crippen LogP contribution in [0, 0.1) is 11.3 Å². The number of amides is 2. The van der Waals surface area contributed by atoms with Gasteiger partial charge in [-0.25, -0.2) is 0 Å². The molecule has 5 nitrogen and oxygen atoms in total. The summed E-state index contributed by atoms with van der Waals surface area (Å²) in [7, 11) is 1.60. The molecule has 2 amide bonds. The van der Waals surface area contributed by atoms with E-state index < -0.39 is 5.41 Å². The van der Waals surface area contributed by atoms with Crippen LogP contribution in [0.1, 0.15) is 19.8 Å². The summed E-state index contributed by atoms with van der Waals surface area (Å²) in [6, 6.07) is 1.99. The van der Waals surface area contributed by atoms with E-state index in [0.717, 1.165) is 18.7 Å². The lowest BCUT2D eigenvalue weighted by Gasteiger charge is -2.26. The van der Waals surface area contributed by atoms with Crippen LogP contribution in [-0.4, -0.2) is 50.1 Å². The molecule has 0 aliphatic carbocycles. The molecule has 22 heavy (non-hydrogen) atoms. The number of likely N-dealkylation sites (tertiary alicyclic amines) is 1. The SMILES string of the molecule is COCCC(=O)N1C[C@@H](C)[C@@]2(CCN(c3ccsc3)C2=O)C1. The monoisotopic (exact) mass is 322 g/mol. The molecule has 0 aromatic carbocycles. The highest BCUT2D eigenvalue weighted by atomic mass is 32.1. The number of hydrogen-bond donors (Lipinski definition) is 0. The average molecular weight is 322 g/mol. The Labute approximate surface area is 134 Å². The molecule has 2 saturated heterocycles. The van der Waals surface area contributed by atoms with E-state index in [1.54, 1.807) is 18.4 Å². The Hall–Kier alpha value is -1.40. The predicted molar refractivity (Wildman–Crippen MR) is 86.0 cm³/mol. The van der Waals surface area contributed by atoms with Crippen molar-refractivity contribution in [2.24, 2.45) is 11.3 Å². The Morgan fingerprint density at radius 2 is 2.36 bits per heavy atom. The van der Waals surface area contributed by atoms with Crippen molar-refractivity contribution < 1.29 is 14.3 Å². The Morgan fingerprint density at radius 1 is 1.55 bits per heavy atom. The van der Waals surface area contributed by atoms with Crippen LogP contribution in [0.3, 0.4) is 0 Å². The zero-order valence-electron chi connectivity index (χ0n) is 13.1. The summed E-state index contributed by atoms with van der Waals surface area (Å²) in [6.45, 7) is 4.51. The molecule has 3 heterocycles. The van der Waals surface area contributed by atoms with Crippen LogP contribution >= 0.6 is 11.3 Å². The van der Waals surface area contributed by atoms with Crippen molar-refractivity contribution >= 4 is 28.8 Å². The van der Waals surface area contributed by atoms with Gasteiger partial charge in [0.2, 0.25) is 11.8 Å². The molecule has 2 aliphatic heterocycles. The van der Waals surface area contributed by atoms with E-state index in [1.807, 2.05) is 26.6 Å². The van der Waals surface area contributed by atoms with E-state index in [4.69, 9.17) is 4.74 Å². The summed E-state index contributed by atoms with van der Waals surface area (Å²) >= 11 is 1.60. The summed E-state index contributed by atoms with van der Waals surface area (Å²) in [4.78, 5) is 28.9.